The Labute approximate surface area is 151 Å². The molecule has 0 aliphatic heterocycles. The molecule has 1 heterocycles. The van der Waals surface area contributed by atoms with Gasteiger partial charge in [-0.1, -0.05) is 13.0 Å². The van der Waals surface area contributed by atoms with Crippen molar-refractivity contribution in [1.29, 1.82) is 0 Å². The van der Waals surface area contributed by atoms with Crippen LogP contribution >= 0.6 is 0 Å². The third-order valence-electron chi connectivity index (χ3n) is 3.84. The van der Waals surface area contributed by atoms with Crippen LogP contribution in [0, 0.1) is 6.92 Å². The lowest BCUT2D eigenvalue weighted by Gasteiger charge is -2.09. The fraction of sp³-hybridized carbons (Fsp3) is 0.150. The molecule has 0 saturated carbocycles. The lowest BCUT2D eigenvalue weighted by Crippen LogP contribution is -2.13. The second-order valence-corrected chi connectivity index (χ2v) is 5.89. The van der Waals surface area contributed by atoms with Crippen LogP contribution in [0.1, 0.15) is 29.4 Å². The summed E-state index contributed by atoms with van der Waals surface area (Å²) in [7, 11) is 0. The molecule has 0 fully saturated rings. The zero-order valence-electron chi connectivity index (χ0n) is 14.7. The van der Waals surface area contributed by atoms with Crippen LogP contribution in [0.15, 0.2) is 60.8 Å². The maximum Gasteiger partial charge on any atom is 0.255 e. The van der Waals surface area contributed by atoms with Crippen molar-refractivity contribution < 1.29 is 9.59 Å². The van der Waals surface area contributed by atoms with Gasteiger partial charge in [0.2, 0.25) is 5.91 Å². The molecule has 3 rings (SSSR count). The number of hydrogen-bond acceptors (Lipinski definition) is 3. The minimum absolute atomic E-state index is 0.0486. The highest BCUT2D eigenvalue weighted by atomic mass is 16.2. The van der Waals surface area contributed by atoms with Crippen molar-refractivity contribution in [2.75, 3.05) is 10.6 Å². The average Bonchev–Trinajstić information content (AvgIpc) is 3.10. The number of hydrogen-bond donors (Lipinski definition) is 2. The SMILES string of the molecule is CCC(=O)Nc1ccc(NC(=O)c2cccc(-n3ccc(C)n3)c2)cc1. The van der Waals surface area contributed by atoms with Crippen LogP contribution in [0.25, 0.3) is 5.69 Å². The van der Waals surface area contributed by atoms with E-state index < -0.39 is 0 Å². The van der Waals surface area contributed by atoms with Crippen LogP contribution in [0.2, 0.25) is 0 Å². The Morgan fingerprint density at radius 1 is 1.00 bits per heavy atom. The molecule has 6 heteroatoms. The van der Waals surface area contributed by atoms with E-state index in [1.807, 2.05) is 31.3 Å². The number of anilines is 2. The van der Waals surface area contributed by atoms with Gasteiger partial charge in [-0.2, -0.15) is 5.10 Å². The van der Waals surface area contributed by atoms with Gasteiger partial charge in [0.1, 0.15) is 0 Å². The summed E-state index contributed by atoms with van der Waals surface area (Å²) < 4.78 is 1.73. The van der Waals surface area contributed by atoms with Crippen LogP contribution in [0.3, 0.4) is 0 Å². The summed E-state index contributed by atoms with van der Waals surface area (Å²) in [6, 6.07) is 16.2. The molecule has 0 atom stereocenters. The van der Waals surface area contributed by atoms with E-state index in [0.717, 1.165) is 11.4 Å². The van der Waals surface area contributed by atoms with E-state index in [0.29, 0.717) is 23.4 Å². The quantitative estimate of drug-likeness (QED) is 0.737. The standard InChI is InChI=1S/C20H20N4O2/c1-3-19(25)21-16-7-9-17(10-8-16)22-20(26)15-5-4-6-18(13-15)24-12-11-14(2)23-24/h4-13H,3H2,1-2H3,(H,21,25)(H,22,26). The Balaban J connectivity index is 1.71. The molecule has 0 saturated heterocycles. The number of nitrogens with one attached hydrogen (secondary N) is 2. The molecule has 0 bridgehead atoms. The van der Waals surface area contributed by atoms with E-state index in [1.165, 1.54) is 0 Å². The van der Waals surface area contributed by atoms with Crippen molar-refractivity contribution in [2.24, 2.45) is 0 Å². The first-order valence-corrected chi connectivity index (χ1v) is 8.39. The second-order valence-electron chi connectivity index (χ2n) is 5.89. The molecule has 1 aromatic heterocycles. The Morgan fingerprint density at radius 3 is 2.31 bits per heavy atom. The van der Waals surface area contributed by atoms with Gasteiger partial charge >= 0.3 is 0 Å². The fourth-order valence-corrected chi connectivity index (χ4v) is 2.44. The van der Waals surface area contributed by atoms with Crippen LogP contribution in [-0.4, -0.2) is 21.6 Å². The highest BCUT2D eigenvalue weighted by Gasteiger charge is 2.08. The van der Waals surface area contributed by atoms with Crippen molar-refractivity contribution in [3.8, 4) is 5.69 Å². The molecular formula is C20H20N4O2. The molecule has 0 unspecified atom stereocenters. The molecule has 2 N–H and O–H groups in total. The van der Waals surface area contributed by atoms with Crippen LogP contribution in [0.4, 0.5) is 11.4 Å². The van der Waals surface area contributed by atoms with Gasteiger partial charge in [-0.05, 0) is 55.5 Å². The number of nitrogens with zero attached hydrogens (tertiary/aromatic N) is 2. The minimum atomic E-state index is -0.207. The molecule has 2 aromatic carbocycles. The predicted octanol–water partition coefficient (Wildman–Crippen LogP) is 3.78. The molecule has 132 valence electrons. The van der Waals surface area contributed by atoms with E-state index in [-0.39, 0.29) is 11.8 Å². The molecule has 0 aliphatic carbocycles. The van der Waals surface area contributed by atoms with Crippen LogP contribution in [-0.2, 0) is 4.79 Å². The van der Waals surface area contributed by atoms with Crippen molar-refractivity contribution >= 4 is 23.2 Å². The fourth-order valence-electron chi connectivity index (χ4n) is 2.44. The predicted molar refractivity (Wildman–Crippen MR) is 102 cm³/mol. The van der Waals surface area contributed by atoms with E-state index >= 15 is 0 Å². The summed E-state index contributed by atoms with van der Waals surface area (Å²) in [4.78, 5) is 23.9. The molecule has 0 aliphatic rings. The summed E-state index contributed by atoms with van der Waals surface area (Å²) in [5, 5.41) is 9.98. The van der Waals surface area contributed by atoms with Gasteiger partial charge in [0.25, 0.3) is 5.91 Å². The Morgan fingerprint density at radius 2 is 1.69 bits per heavy atom. The zero-order chi connectivity index (χ0) is 18.5. The molecule has 6 nitrogen and oxygen atoms in total. The van der Waals surface area contributed by atoms with Crippen molar-refractivity contribution in [1.82, 2.24) is 9.78 Å². The first-order chi connectivity index (χ1) is 12.5. The molecule has 0 radical (unpaired) electrons. The Kier molecular flexibility index (Phi) is 5.12. The van der Waals surface area contributed by atoms with E-state index in [1.54, 1.807) is 48.0 Å². The summed E-state index contributed by atoms with van der Waals surface area (Å²) in [6.07, 6.45) is 2.28. The zero-order valence-corrected chi connectivity index (χ0v) is 14.7. The average molecular weight is 348 g/mol. The normalized spacial score (nSPS) is 10.4. The number of aromatic nitrogens is 2. The number of aryl methyl sites for hydroxylation is 1. The maximum atomic E-state index is 12.5. The number of benzene rings is 2. The van der Waals surface area contributed by atoms with Crippen LogP contribution < -0.4 is 10.6 Å². The number of rotatable bonds is 5. The lowest BCUT2D eigenvalue weighted by atomic mass is 10.2. The lowest BCUT2D eigenvalue weighted by molar-refractivity contribution is -0.115. The van der Waals surface area contributed by atoms with E-state index in [2.05, 4.69) is 15.7 Å². The van der Waals surface area contributed by atoms with Gasteiger partial charge in [0.05, 0.1) is 11.4 Å². The van der Waals surface area contributed by atoms with Gasteiger partial charge < -0.3 is 10.6 Å². The first-order valence-electron chi connectivity index (χ1n) is 8.39. The van der Waals surface area contributed by atoms with Gasteiger partial charge in [-0.15, -0.1) is 0 Å². The monoisotopic (exact) mass is 348 g/mol. The highest BCUT2D eigenvalue weighted by Crippen LogP contribution is 2.16. The number of carbonyl (C=O) groups is 2. The second kappa shape index (κ2) is 7.65. The Bertz CT molecular complexity index is 929. The summed E-state index contributed by atoms with van der Waals surface area (Å²) in [6.45, 7) is 3.71. The summed E-state index contributed by atoms with van der Waals surface area (Å²) in [5.41, 5.74) is 3.63. The largest absolute Gasteiger partial charge is 0.326 e. The highest BCUT2D eigenvalue weighted by molar-refractivity contribution is 6.04. The van der Waals surface area contributed by atoms with Gasteiger partial charge in [0, 0.05) is 29.6 Å². The van der Waals surface area contributed by atoms with E-state index in [4.69, 9.17) is 0 Å². The molecule has 2 amide bonds. The van der Waals surface area contributed by atoms with E-state index in [9.17, 15) is 9.59 Å². The number of amides is 2. The third kappa shape index (κ3) is 4.16. The third-order valence-corrected chi connectivity index (χ3v) is 3.84. The number of carbonyl (C=O) groups excluding carboxylic acids is 2. The maximum absolute atomic E-state index is 12.5. The van der Waals surface area contributed by atoms with Gasteiger partial charge in [-0.3, -0.25) is 9.59 Å². The molecule has 3 aromatic rings. The van der Waals surface area contributed by atoms with Crippen molar-refractivity contribution in [3.05, 3.63) is 72.1 Å². The van der Waals surface area contributed by atoms with Gasteiger partial charge in [-0.25, -0.2) is 4.68 Å². The molecule has 0 spiro atoms. The smallest absolute Gasteiger partial charge is 0.255 e. The minimum Gasteiger partial charge on any atom is -0.326 e. The summed E-state index contributed by atoms with van der Waals surface area (Å²) >= 11 is 0. The first kappa shape index (κ1) is 17.4. The topological polar surface area (TPSA) is 76.0 Å². The molecular weight excluding hydrogens is 328 g/mol. The van der Waals surface area contributed by atoms with Gasteiger partial charge in [0.15, 0.2) is 0 Å². The molecule has 26 heavy (non-hydrogen) atoms. The Hall–Kier alpha value is -3.41. The van der Waals surface area contributed by atoms with Crippen molar-refractivity contribution in [3.63, 3.8) is 0 Å². The summed E-state index contributed by atoms with van der Waals surface area (Å²) in [5.74, 6) is -0.256. The van der Waals surface area contributed by atoms with Crippen LogP contribution in [0.5, 0.6) is 0 Å². The van der Waals surface area contributed by atoms with Crippen molar-refractivity contribution in [2.45, 2.75) is 20.3 Å².